The van der Waals surface area contributed by atoms with E-state index in [0.29, 0.717) is 6.04 Å². The third-order valence-corrected chi connectivity index (χ3v) is 6.07. The minimum atomic E-state index is -0.450. The van der Waals surface area contributed by atoms with Crippen LogP contribution in [0.15, 0.2) is 48.5 Å². The highest BCUT2D eigenvalue weighted by atomic mass is 19.1. The number of hydrogen-bond donors (Lipinski definition) is 1. The van der Waals surface area contributed by atoms with E-state index in [1.807, 2.05) is 6.07 Å². The molecule has 1 amide bonds. The molecule has 1 aromatic heterocycles. The van der Waals surface area contributed by atoms with Crippen LogP contribution in [-0.4, -0.2) is 33.4 Å². The fraction of sp³-hybridized carbons (Fsp3) is 0.417. The largest absolute Gasteiger partial charge is 0.347 e. The van der Waals surface area contributed by atoms with Gasteiger partial charge in [0.05, 0.1) is 23.1 Å². The number of halogens is 1. The van der Waals surface area contributed by atoms with Crippen molar-refractivity contribution in [2.24, 2.45) is 0 Å². The number of likely N-dealkylation sites (tertiary alicyclic amines) is 1. The Morgan fingerprint density at radius 1 is 1.13 bits per heavy atom. The van der Waals surface area contributed by atoms with Crippen molar-refractivity contribution in [3.63, 3.8) is 0 Å². The molecule has 4 rings (SSSR count). The summed E-state index contributed by atoms with van der Waals surface area (Å²) < 4.78 is 15.7. The average molecular weight is 409 g/mol. The summed E-state index contributed by atoms with van der Waals surface area (Å²) in [6.07, 6.45) is 1.56. The lowest BCUT2D eigenvalue weighted by Crippen LogP contribution is -2.52. The Morgan fingerprint density at radius 3 is 2.43 bits per heavy atom. The standard InChI is InChI=1S/C24H29FN4O/c1-17(2)29-22-7-5-4-6-21(22)26-23(29)16-28-14-12-24(13-15-28,27-18(3)30)19-8-10-20(25)11-9-19/h4-11,17H,12-16H2,1-3H3,(H,27,30). The Hall–Kier alpha value is -2.73. The number of amides is 1. The molecule has 1 aliphatic heterocycles. The number of hydrogen-bond acceptors (Lipinski definition) is 3. The van der Waals surface area contributed by atoms with Gasteiger partial charge in [0.2, 0.25) is 5.91 Å². The fourth-order valence-corrected chi connectivity index (χ4v) is 4.67. The zero-order chi connectivity index (χ0) is 21.3. The zero-order valence-corrected chi connectivity index (χ0v) is 17.9. The molecular formula is C24H29FN4O. The van der Waals surface area contributed by atoms with Gasteiger partial charge in [-0.05, 0) is 56.5 Å². The van der Waals surface area contributed by atoms with E-state index in [0.717, 1.165) is 49.4 Å². The second-order valence-corrected chi connectivity index (χ2v) is 8.53. The first-order valence-corrected chi connectivity index (χ1v) is 10.6. The molecule has 0 aliphatic carbocycles. The summed E-state index contributed by atoms with van der Waals surface area (Å²) in [5, 5.41) is 3.16. The minimum absolute atomic E-state index is 0.0608. The fourth-order valence-electron chi connectivity index (χ4n) is 4.67. The molecule has 1 N–H and O–H groups in total. The predicted octanol–water partition coefficient (Wildman–Crippen LogP) is 4.38. The van der Waals surface area contributed by atoms with Crippen molar-refractivity contribution in [3.05, 3.63) is 65.7 Å². The highest BCUT2D eigenvalue weighted by molar-refractivity contribution is 5.76. The molecule has 2 aromatic carbocycles. The zero-order valence-electron chi connectivity index (χ0n) is 17.9. The van der Waals surface area contributed by atoms with E-state index >= 15 is 0 Å². The van der Waals surface area contributed by atoms with Gasteiger partial charge in [0.25, 0.3) is 0 Å². The van der Waals surface area contributed by atoms with E-state index in [1.165, 1.54) is 17.6 Å². The summed E-state index contributed by atoms with van der Waals surface area (Å²) >= 11 is 0. The van der Waals surface area contributed by atoms with Crippen LogP contribution in [0.5, 0.6) is 0 Å². The second-order valence-electron chi connectivity index (χ2n) is 8.53. The molecule has 1 aliphatic rings. The third kappa shape index (κ3) is 3.97. The molecule has 30 heavy (non-hydrogen) atoms. The first-order chi connectivity index (χ1) is 14.4. The molecule has 5 nitrogen and oxygen atoms in total. The molecule has 6 heteroatoms. The van der Waals surface area contributed by atoms with E-state index in [9.17, 15) is 9.18 Å². The van der Waals surface area contributed by atoms with Gasteiger partial charge in [0.1, 0.15) is 11.6 Å². The number of fused-ring (bicyclic) bond motifs is 1. The smallest absolute Gasteiger partial charge is 0.217 e. The van der Waals surface area contributed by atoms with E-state index in [4.69, 9.17) is 4.98 Å². The first kappa shape index (κ1) is 20.5. The van der Waals surface area contributed by atoms with Gasteiger partial charge in [-0.3, -0.25) is 9.69 Å². The van der Waals surface area contributed by atoms with Gasteiger partial charge >= 0.3 is 0 Å². The van der Waals surface area contributed by atoms with Crippen LogP contribution in [0.1, 0.15) is 51.0 Å². The SMILES string of the molecule is CC(=O)NC1(c2ccc(F)cc2)CCN(Cc2nc3ccccc3n2C(C)C)CC1. The van der Waals surface area contributed by atoms with Gasteiger partial charge in [-0.2, -0.15) is 0 Å². The molecule has 0 spiro atoms. The van der Waals surface area contributed by atoms with Crippen molar-refractivity contribution in [2.75, 3.05) is 13.1 Å². The molecule has 0 atom stereocenters. The summed E-state index contributed by atoms with van der Waals surface area (Å²) in [5.74, 6) is 0.746. The number of aromatic nitrogens is 2. The van der Waals surface area contributed by atoms with Crippen molar-refractivity contribution in [1.82, 2.24) is 19.8 Å². The first-order valence-electron chi connectivity index (χ1n) is 10.6. The van der Waals surface area contributed by atoms with Crippen LogP contribution in [-0.2, 0) is 16.9 Å². The van der Waals surface area contributed by atoms with Crippen LogP contribution in [0.25, 0.3) is 11.0 Å². The van der Waals surface area contributed by atoms with Crippen molar-refractivity contribution >= 4 is 16.9 Å². The number of carbonyl (C=O) groups excluding carboxylic acids is 1. The predicted molar refractivity (Wildman–Crippen MR) is 117 cm³/mol. The Labute approximate surface area is 176 Å². The topological polar surface area (TPSA) is 50.2 Å². The number of para-hydroxylation sites is 2. The van der Waals surface area contributed by atoms with Gasteiger partial charge in [0, 0.05) is 26.1 Å². The molecule has 0 saturated carbocycles. The summed E-state index contributed by atoms with van der Waals surface area (Å²) in [7, 11) is 0. The third-order valence-electron chi connectivity index (χ3n) is 6.07. The maximum atomic E-state index is 13.4. The molecular weight excluding hydrogens is 379 g/mol. The number of benzene rings is 2. The molecule has 3 aromatic rings. The van der Waals surface area contributed by atoms with Gasteiger partial charge in [0.15, 0.2) is 0 Å². The van der Waals surface area contributed by atoms with Gasteiger partial charge in [-0.1, -0.05) is 24.3 Å². The molecule has 1 fully saturated rings. The van der Waals surface area contributed by atoms with Crippen LogP contribution in [0.3, 0.4) is 0 Å². The lowest BCUT2D eigenvalue weighted by molar-refractivity contribution is -0.121. The second kappa shape index (κ2) is 8.19. The Balaban J connectivity index is 1.55. The number of rotatable bonds is 5. The molecule has 0 unspecified atom stereocenters. The van der Waals surface area contributed by atoms with Crippen molar-refractivity contribution in [1.29, 1.82) is 0 Å². The van der Waals surface area contributed by atoms with E-state index in [1.54, 1.807) is 19.1 Å². The normalized spacial score (nSPS) is 16.8. The Morgan fingerprint density at radius 2 is 1.80 bits per heavy atom. The maximum Gasteiger partial charge on any atom is 0.217 e. The summed E-state index contributed by atoms with van der Waals surface area (Å²) in [6, 6.07) is 15.1. The molecule has 2 heterocycles. The number of nitrogens with one attached hydrogen (secondary N) is 1. The molecule has 0 bridgehead atoms. The molecule has 1 saturated heterocycles. The van der Waals surface area contributed by atoms with Gasteiger partial charge in [-0.25, -0.2) is 9.37 Å². The molecule has 0 radical (unpaired) electrons. The molecule has 158 valence electrons. The lowest BCUT2D eigenvalue weighted by atomic mass is 9.80. The van der Waals surface area contributed by atoms with Gasteiger partial charge in [-0.15, -0.1) is 0 Å². The van der Waals surface area contributed by atoms with Crippen LogP contribution in [0.4, 0.5) is 4.39 Å². The number of carbonyl (C=O) groups is 1. The Bertz CT molecular complexity index is 1030. The Kier molecular flexibility index (Phi) is 5.60. The monoisotopic (exact) mass is 408 g/mol. The van der Waals surface area contributed by atoms with Gasteiger partial charge < -0.3 is 9.88 Å². The van der Waals surface area contributed by atoms with Crippen molar-refractivity contribution in [2.45, 2.75) is 51.7 Å². The van der Waals surface area contributed by atoms with Crippen molar-refractivity contribution in [3.8, 4) is 0 Å². The summed E-state index contributed by atoms with van der Waals surface area (Å²) in [4.78, 5) is 19.2. The van der Waals surface area contributed by atoms with Crippen LogP contribution in [0, 0.1) is 5.82 Å². The minimum Gasteiger partial charge on any atom is -0.347 e. The van der Waals surface area contributed by atoms with E-state index in [2.05, 4.69) is 46.8 Å². The maximum absolute atomic E-state index is 13.4. The van der Waals surface area contributed by atoms with Crippen LogP contribution < -0.4 is 5.32 Å². The average Bonchev–Trinajstić information content (AvgIpc) is 3.07. The van der Waals surface area contributed by atoms with Crippen molar-refractivity contribution < 1.29 is 9.18 Å². The number of nitrogens with zero attached hydrogens (tertiary/aromatic N) is 3. The number of imidazole rings is 1. The highest BCUT2D eigenvalue weighted by Gasteiger charge is 2.37. The van der Waals surface area contributed by atoms with Crippen LogP contribution in [0.2, 0.25) is 0 Å². The van der Waals surface area contributed by atoms with Crippen LogP contribution >= 0.6 is 0 Å². The number of piperidine rings is 1. The summed E-state index contributed by atoms with van der Waals surface area (Å²) in [6.45, 7) is 8.35. The van der Waals surface area contributed by atoms with E-state index < -0.39 is 5.54 Å². The quantitative estimate of drug-likeness (QED) is 0.681. The van der Waals surface area contributed by atoms with E-state index in [-0.39, 0.29) is 11.7 Å². The highest BCUT2D eigenvalue weighted by Crippen LogP contribution is 2.34. The summed E-state index contributed by atoms with van der Waals surface area (Å²) in [5.41, 5.74) is 2.71. The lowest BCUT2D eigenvalue weighted by Gasteiger charge is -2.42.